The van der Waals surface area contributed by atoms with E-state index in [0.29, 0.717) is 13.2 Å². The number of nitro groups is 1. The molecule has 0 saturated carbocycles. The zero-order chi connectivity index (χ0) is 15.1. The number of anilines is 1. The highest BCUT2D eigenvalue weighted by Crippen LogP contribution is 2.23. The van der Waals surface area contributed by atoms with Crippen molar-refractivity contribution in [3.63, 3.8) is 0 Å². The number of rotatable bonds is 7. The molecule has 1 heterocycles. The largest absolute Gasteiger partial charge is 0.385 e. The van der Waals surface area contributed by atoms with E-state index in [1.165, 1.54) is 12.5 Å². The third-order valence-corrected chi connectivity index (χ3v) is 3.50. The molecule has 116 valence electrons. The van der Waals surface area contributed by atoms with Gasteiger partial charge in [-0.25, -0.2) is 0 Å². The van der Waals surface area contributed by atoms with E-state index in [1.807, 2.05) is 6.92 Å². The summed E-state index contributed by atoms with van der Waals surface area (Å²) in [6.45, 7) is 4.43. The lowest BCUT2D eigenvalue weighted by atomic mass is 10.1. The summed E-state index contributed by atoms with van der Waals surface area (Å²) in [5.41, 5.74) is 1.78. The van der Waals surface area contributed by atoms with Gasteiger partial charge in [-0.15, -0.1) is 0 Å². The molecule has 1 aliphatic rings. The highest BCUT2D eigenvalue weighted by Gasteiger charge is 2.15. The lowest BCUT2D eigenvalue weighted by Crippen LogP contribution is -2.24. The molecule has 6 heteroatoms. The normalized spacial score (nSPS) is 18.4. The minimum atomic E-state index is -0.385. The van der Waals surface area contributed by atoms with Gasteiger partial charge in [0.1, 0.15) is 0 Å². The summed E-state index contributed by atoms with van der Waals surface area (Å²) in [6, 6.07) is 4.81. The van der Waals surface area contributed by atoms with Gasteiger partial charge in [0.15, 0.2) is 0 Å². The summed E-state index contributed by atoms with van der Waals surface area (Å²) >= 11 is 0. The third kappa shape index (κ3) is 4.68. The molecule has 1 fully saturated rings. The van der Waals surface area contributed by atoms with Crippen molar-refractivity contribution in [1.29, 1.82) is 0 Å². The predicted molar refractivity (Wildman–Crippen MR) is 80.5 cm³/mol. The van der Waals surface area contributed by atoms with Gasteiger partial charge < -0.3 is 14.8 Å². The van der Waals surface area contributed by atoms with Crippen molar-refractivity contribution in [3.05, 3.63) is 33.9 Å². The van der Waals surface area contributed by atoms with E-state index >= 15 is 0 Å². The Morgan fingerprint density at radius 2 is 2.33 bits per heavy atom. The molecule has 1 aromatic rings. The number of ether oxygens (including phenoxy) is 2. The van der Waals surface area contributed by atoms with Crippen molar-refractivity contribution in [2.75, 3.05) is 25.1 Å². The monoisotopic (exact) mass is 294 g/mol. The minimum absolute atomic E-state index is 0.0872. The van der Waals surface area contributed by atoms with E-state index in [-0.39, 0.29) is 16.7 Å². The van der Waals surface area contributed by atoms with Crippen LogP contribution in [-0.4, -0.2) is 30.8 Å². The van der Waals surface area contributed by atoms with Crippen LogP contribution < -0.4 is 5.32 Å². The van der Waals surface area contributed by atoms with Crippen molar-refractivity contribution < 1.29 is 14.4 Å². The smallest absolute Gasteiger partial charge is 0.269 e. The lowest BCUT2D eigenvalue weighted by molar-refractivity contribution is -0.384. The standard InChI is InChI=1S/C15H22N2O4/c1-2-16-15-7-6-13(17(18)19)9-12(15)10-20-11-14-5-3-4-8-21-14/h6-7,9,14,16H,2-5,8,10-11H2,1H3. The predicted octanol–water partition coefficient (Wildman–Crippen LogP) is 3.11. The van der Waals surface area contributed by atoms with E-state index in [4.69, 9.17) is 9.47 Å². The molecular weight excluding hydrogens is 272 g/mol. The molecule has 1 saturated heterocycles. The molecule has 0 amide bonds. The Hall–Kier alpha value is -1.66. The number of hydrogen-bond acceptors (Lipinski definition) is 5. The maximum absolute atomic E-state index is 10.9. The van der Waals surface area contributed by atoms with Gasteiger partial charge in [-0.2, -0.15) is 0 Å². The van der Waals surface area contributed by atoms with Gasteiger partial charge in [-0.1, -0.05) is 0 Å². The molecular formula is C15H22N2O4. The molecule has 1 N–H and O–H groups in total. The highest BCUT2D eigenvalue weighted by atomic mass is 16.6. The van der Waals surface area contributed by atoms with Crippen LogP contribution in [0, 0.1) is 10.1 Å². The molecule has 1 aliphatic heterocycles. The van der Waals surface area contributed by atoms with E-state index in [9.17, 15) is 10.1 Å². The van der Waals surface area contributed by atoms with Crippen LogP contribution in [0.3, 0.4) is 0 Å². The fraction of sp³-hybridized carbons (Fsp3) is 0.600. The van der Waals surface area contributed by atoms with Crippen LogP contribution in [0.15, 0.2) is 18.2 Å². The Morgan fingerprint density at radius 1 is 1.48 bits per heavy atom. The van der Waals surface area contributed by atoms with Crippen LogP contribution in [0.1, 0.15) is 31.7 Å². The lowest BCUT2D eigenvalue weighted by Gasteiger charge is -2.22. The summed E-state index contributed by atoms with van der Waals surface area (Å²) in [7, 11) is 0. The molecule has 0 aromatic heterocycles. The van der Waals surface area contributed by atoms with Crippen LogP contribution in [0.4, 0.5) is 11.4 Å². The van der Waals surface area contributed by atoms with Crippen LogP contribution in [0.25, 0.3) is 0 Å². The number of benzene rings is 1. The van der Waals surface area contributed by atoms with E-state index in [0.717, 1.165) is 37.2 Å². The average Bonchev–Trinajstić information content (AvgIpc) is 2.50. The van der Waals surface area contributed by atoms with E-state index in [2.05, 4.69) is 5.32 Å². The summed E-state index contributed by atoms with van der Waals surface area (Å²) in [6.07, 6.45) is 3.47. The zero-order valence-electron chi connectivity index (χ0n) is 12.3. The highest BCUT2D eigenvalue weighted by molar-refractivity contribution is 5.55. The minimum Gasteiger partial charge on any atom is -0.385 e. The topological polar surface area (TPSA) is 73.6 Å². The first-order chi connectivity index (χ1) is 10.2. The van der Waals surface area contributed by atoms with Crippen LogP contribution >= 0.6 is 0 Å². The molecule has 6 nitrogen and oxygen atoms in total. The van der Waals surface area contributed by atoms with Crippen molar-refractivity contribution >= 4 is 11.4 Å². The van der Waals surface area contributed by atoms with Crippen molar-refractivity contribution in [1.82, 2.24) is 0 Å². The molecule has 2 rings (SSSR count). The summed E-state index contributed by atoms with van der Waals surface area (Å²) in [5.74, 6) is 0. The van der Waals surface area contributed by atoms with Gasteiger partial charge in [-0.05, 0) is 32.3 Å². The Balaban J connectivity index is 1.95. The first-order valence-electron chi connectivity index (χ1n) is 7.41. The Kier molecular flexibility index (Phi) is 5.95. The van der Waals surface area contributed by atoms with Crippen molar-refractivity contribution in [2.45, 2.75) is 38.9 Å². The van der Waals surface area contributed by atoms with Gasteiger partial charge in [0.05, 0.1) is 24.2 Å². The maximum Gasteiger partial charge on any atom is 0.269 e. The molecule has 0 bridgehead atoms. The van der Waals surface area contributed by atoms with Gasteiger partial charge in [0.25, 0.3) is 5.69 Å². The molecule has 21 heavy (non-hydrogen) atoms. The summed E-state index contributed by atoms with van der Waals surface area (Å²) < 4.78 is 11.3. The van der Waals surface area contributed by atoms with Crippen LogP contribution in [0.5, 0.6) is 0 Å². The number of nitro benzene ring substituents is 1. The van der Waals surface area contributed by atoms with E-state index < -0.39 is 0 Å². The summed E-state index contributed by atoms with van der Waals surface area (Å²) in [4.78, 5) is 10.5. The van der Waals surface area contributed by atoms with Gasteiger partial charge in [0.2, 0.25) is 0 Å². The van der Waals surface area contributed by atoms with Crippen molar-refractivity contribution in [2.24, 2.45) is 0 Å². The fourth-order valence-electron chi connectivity index (χ4n) is 2.42. The second-order valence-electron chi connectivity index (χ2n) is 5.13. The van der Waals surface area contributed by atoms with Crippen LogP contribution in [0.2, 0.25) is 0 Å². The second-order valence-corrected chi connectivity index (χ2v) is 5.13. The molecule has 0 radical (unpaired) electrons. The Bertz CT molecular complexity index is 473. The molecule has 0 aliphatic carbocycles. The quantitative estimate of drug-likeness (QED) is 0.618. The summed E-state index contributed by atoms with van der Waals surface area (Å²) in [5, 5.41) is 14.1. The first kappa shape index (κ1) is 15.7. The Morgan fingerprint density at radius 3 is 3.00 bits per heavy atom. The number of nitrogens with one attached hydrogen (secondary N) is 1. The SMILES string of the molecule is CCNc1ccc([N+](=O)[O-])cc1COCC1CCCCO1. The number of nitrogens with zero attached hydrogens (tertiary/aromatic N) is 1. The second kappa shape index (κ2) is 7.95. The van der Waals surface area contributed by atoms with Crippen LogP contribution in [-0.2, 0) is 16.1 Å². The zero-order valence-corrected chi connectivity index (χ0v) is 12.3. The first-order valence-corrected chi connectivity index (χ1v) is 7.41. The molecule has 0 spiro atoms. The number of non-ortho nitro benzene ring substituents is 1. The molecule has 1 unspecified atom stereocenters. The fourth-order valence-corrected chi connectivity index (χ4v) is 2.42. The van der Waals surface area contributed by atoms with Crippen molar-refractivity contribution in [3.8, 4) is 0 Å². The van der Waals surface area contributed by atoms with Gasteiger partial charge in [0, 0.05) is 36.5 Å². The van der Waals surface area contributed by atoms with Gasteiger partial charge in [-0.3, -0.25) is 10.1 Å². The maximum atomic E-state index is 10.9. The van der Waals surface area contributed by atoms with Gasteiger partial charge >= 0.3 is 0 Å². The number of hydrogen-bond donors (Lipinski definition) is 1. The van der Waals surface area contributed by atoms with E-state index in [1.54, 1.807) is 12.1 Å². The third-order valence-electron chi connectivity index (χ3n) is 3.50. The molecule has 1 aromatic carbocycles. The Labute approximate surface area is 124 Å². The average molecular weight is 294 g/mol. The molecule has 1 atom stereocenters.